The van der Waals surface area contributed by atoms with E-state index >= 15 is 0 Å². The van der Waals surface area contributed by atoms with E-state index in [1.54, 1.807) is 42.5 Å². The van der Waals surface area contributed by atoms with E-state index in [1.807, 2.05) is 18.2 Å². The zero-order chi connectivity index (χ0) is 22.0. The van der Waals surface area contributed by atoms with Crippen LogP contribution in [0.4, 0.5) is 10.5 Å². The summed E-state index contributed by atoms with van der Waals surface area (Å²) in [6, 6.07) is 17.1. The van der Waals surface area contributed by atoms with Crippen molar-refractivity contribution in [2.45, 2.75) is 25.0 Å². The molecule has 0 aromatic heterocycles. The summed E-state index contributed by atoms with van der Waals surface area (Å²) in [6.07, 6.45) is 2.65. The first-order valence-electron chi connectivity index (χ1n) is 9.78. The first kappa shape index (κ1) is 21.7. The number of urea groups is 1. The van der Waals surface area contributed by atoms with E-state index in [4.69, 9.17) is 23.2 Å². The Bertz CT molecular complexity index is 1250. The lowest BCUT2D eigenvalue weighted by Crippen LogP contribution is -2.35. The molecule has 0 saturated carbocycles. The number of nitrogens with one attached hydrogen (secondary N) is 2. The van der Waals surface area contributed by atoms with Gasteiger partial charge in [-0.2, -0.15) is 0 Å². The van der Waals surface area contributed by atoms with Gasteiger partial charge in [0.2, 0.25) is 10.0 Å². The van der Waals surface area contributed by atoms with Crippen LogP contribution in [0.1, 0.15) is 23.1 Å². The summed E-state index contributed by atoms with van der Waals surface area (Å²) in [6.45, 7) is 0. The molecule has 1 aliphatic carbocycles. The molecule has 4 rings (SSSR count). The summed E-state index contributed by atoms with van der Waals surface area (Å²) in [5.74, 6) is -0.291. The molecule has 0 heterocycles. The number of anilines is 1. The molecule has 0 saturated heterocycles. The fraction of sp³-hybridized carbons (Fsp3) is 0.174. The molecular formula is C23H20Cl2N2O3S. The number of fused-ring (bicyclic) bond motifs is 1. The minimum atomic E-state index is -3.87. The Balaban J connectivity index is 1.64. The Hall–Kier alpha value is -2.54. The molecule has 2 N–H and O–H groups in total. The summed E-state index contributed by atoms with van der Waals surface area (Å²) >= 11 is 12.6. The molecule has 0 spiro atoms. The van der Waals surface area contributed by atoms with Gasteiger partial charge in [-0.1, -0.05) is 77.8 Å². The lowest BCUT2D eigenvalue weighted by atomic mass is 9.97. The number of aryl methyl sites for hydroxylation is 1. The first-order chi connectivity index (χ1) is 14.8. The summed E-state index contributed by atoms with van der Waals surface area (Å²) in [5.41, 5.74) is 4.64. The van der Waals surface area contributed by atoms with E-state index in [9.17, 15) is 13.2 Å². The van der Waals surface area contributed by atoms with Crippen LogP contribution in [0.3, 0.4) is 0 Å². The largest absolute Gasteiger partial charge is 0.332 e. The molecule has 0 atom stereocenters. The van der Waals surface area contributed by atoms with Crippen LogP contribution >= 0.6 is 23.2 Å². The molecule has 8 heteroatoms. The minimum Gasteiger partial charge on any atom is -0.306 e. The molecule has 160 valence electrons. The molecule has 1 aliphatic rings. The lowest BCUT2D eigenvalue weighted by Gasteiger charge is -2.18. The molecular weight excluding hydrogens is 455 g/mol. The van der Waals surface area contributed by atoms with Gasteiger partial charge in [-0.3, -0.25) is 0 Å². The molecule has 0 aliphatic heterocycles. The van der Waals surface area contributed by atoms with Crippen molar-refractivity contribution < 1.29 is 13.2 Å². The van der Waals surface area contributed by atoms with Crippen molar-refractivity contribution in [2.24, 2.45) is 0 Å². The van der Waals surface area contributed by atoms with Gasteiger partial charge in [-0.05, 0) is 42.0 Å². The van der Waals surface area contributed by atoms with Gasteiger partial charge in [0.1, 0.15) is 0 Å². The van der Waals surface area contributed by atoms with E-state index in [2.05, 4.69) is 10.0 Å². The smallest absolute Gasteiger partial charge is 0.306 e. The van der Waals surface area contributed by atoms with Crippen LogP contribution < -0.4 is 10.0 Å². The van der Waals surface area contributed by atoms with Crippen molar-refractivity contribution in [3.8, 4) is 11.1 Å². The second-order valence-electron chi connectivity index (χ2n) is 7.38. The Labute approximate surface area is 191 Å². The number of amides is 2. The summed E-state index contributed by atoms with van der Waals surface area (Å²) in [7, 11) is -3.87. The van der Waals surface area contributed by atoms with Crippen LogP contribution in [-0.4, -0.2) is 14.4 Å². The third-order valence-electron chi connectivity index (χ3n) is 5.21. The number of carbonyl (C=O) groups is 1. The van der Waals surface area contributed by atoms with Crippen LogP contribution in [0.15, 0.2) is 60.7 Å². The van der Waals surface area contributed by atoms with Crippen LogP contribution in [0.5, 0.6) is 0 Å². The van der Waals surface area contributed by atoms with Crippen molar-refractivity contribution in [3.05, 3.63) is 87.4 Å². The molecule has 3 aromatic rings. The molecule has 0 radical (unpaired) electrons. The number of sulfonamides is 1. The van der Waals surface area contributed by atoms with E-state index in [1.165, 1.54) is 0 Å². The number of halogens is 2. The molecule has 31 heavy (non-hydrogen) atoms. The van der Waals surface area contributed by atoms with Gasteiger partial charge < -0.3 is 5.32 Å². The van der Waals surface area contributed by atoms with Gasteiger partial charge in [0, 0.05) is 11.1 Å². The zero-order valence-electron chi connectivity index (χ0n) is 16.5. The van der Waals surface area contributed by atoms with Gasteiger partial charge in [0.25, 0.3) is 0 Å². The van der Waals surface area contributed by atoms with Crippen LogP contribution in [-0.2, 0) is 28.6 Å². The van der Waals surface area contributed by atoms with Gasteiger partial charge in [-0.15, -0.1) is 0 Å². The number of rotatable bonds is 5. The predicted molar refractivity (Wildman–Crippen MR) is 125 cm³/mol. The second kappa shape index (κ2) is 8.91. The monoisotopic (exact) mass is 474 g/mol. The number of hydrogen-bond donors (Lipinski definition) is 2. The maximum Gasteiger partial charge on any atom is 0.332 e. The van der Waals surface area contributed by atoms with Crippen molar-refractivity contribution in [3.63, 3.8) is 0 Å². The van der Waals surface area contributed by atoms with Gasteiger partial charge in [0.05, 0.1) is 21.5 Å². The maximum atomic E-state index is 12.7. The highest BCUT2D eigenvalue weighted by Gasteiger charge is 2.23. The fourth-order valence-corrected chi connectivity index (χ4v) is 5.29. The SMILES string of the molecule is O=C(Nc1c(-c2cccc(Cl)c2Cl)ccc2c1CCC2)NS(=O)(=O)Cc1ccccc1. The molecule has 0 unspecified atom stereocenters. The highest BCUT2D eigenvalue weighted by molar-refractivity contribution is 7.89. The normalized spacial score (nSPS) is 13.0. The van der Waals surface area contributed by atoms with Gasteiger partial charge >= 0.3 is 6.03 Å². The third-order valence-corrected chi connectivity index (χ3v) is 7.24. The van der Waals surface area contributed by atoms with Gasteiger partial charge in [-0.25, -0.2) is 17.9 Å². The quantitative estimate of drug-likeness (QED) is 0.490. The first-order valence-corrected chi connectivity index (χ1v) is 12.2. The number of benzene rings is 3. The average Bonchev–Trinajstić information content (AvgIpc) is 3.20. The highest BCUT2D eigenvalue weighted by Crippen LogP contribution is 2.41. The van der Waals surface area contributed by atoms with Crippen molar-refractivity contribution in [2.75, 3.05) is 5.32 Å². The average molecular weight is 475 g/mol. The minimum absolute atomic E-state index is 0.291. The summed E-state index contributed by atoms with van der Waals surface area (Å²) in [5, 5.41) is 3.55. The molecule has 2 amide bonds. The molecule has 3 aromatic carbocycles. The molecule has 0 fully saturated rings. The van der Waals surface area contributed by atoms with Crippen molar-refractivity contribution >= 4 is 44.9 Å². The topological polar surface area (TPSA) is 75.3 Å². The van der Waals surface area contributed by atoms with Crippen LogP contribution in [0, 0.1) is 0 Å². The van der Waals surface area contributed by atoms with Crippen LogP contribution in [0.25, 0.3) is 11.1 Å². The van der Waals surface area contributed by atoms with Gasteiger partial charge in [0.15, 0.2) is 0 Å². The van der Waals surface area contributed by atoms with Crippen molar-refractivity contribution in [1.82, 2.24) is 4.72 Å². The van der Waals surface area contributed by atoms with E-state index in [0.29, 0.717) is 32.4 Å². The molecule has 0 bridgehead atoms. The number of hydrogen-bond acceptors (Lipinski definition) is 3. The van der Waals surface area contributed by atoms with Crippen molar-refractivity contribution in [1.29, 1.82) is 0 Å². The summed E-state index contributed by atoms with van der Waals surface area (Å²) in [4.78, 5) is 12.7. The fourth-order valence-electron chi connectivity index (χ4n) is 3.86. The maximum absolute atomic E-state index is 12.7. The van der Waals surface area contributed by atoms with E-state index in [0.717, 1.165) is 30.4 Å². The Kier molecular flexibility index (Phi) is 6.23. The standard InChI is InChI=1S/C23H20Cl2N2O3S/c24-20-11-5-10-18(21(20)25)19-13-12-16-8-4-9-17(16)22(19)26-23(28)27-31(29,30)14-15-6-2-1-3-7-15/h1-3,5-7,10-13H,4,8-9,14H2,(H2,26,27,28). The molecule has 5 nitrogen and oxygen atoms in total. The predicted octanol–water partition coefficient (Wildman–Crippen LogP) is 5.80. The third kappa shape index (κ3) is 4.87. The van der Waals surface area contributed by atoms with Crippen LogP contribution in [0.2, 0.25) is 10.0 Å². The lowest BCUT2D eigenvalue weighted by molar-refractivity contribution is 0.256. The Morgan fingerprint density at radius 2 is 1.68 bits per heavy atom. The summed E-state index contributed by atoms with van der Waals surface area (Å²) < 4.78 is 27.1. The zero-order valence-corrected chi connectivity index (χ0v) is 18.8. The number of carbonyl (C=O) groups excluding carboxylic acids is 1. The Morgan fingerprint density at radius 1 is 0.903 bits per heavy atom. The highest BCUT2D eigenvalue weighted by atomic mass is 35.5. The van der Waals surface area contributed by atoms with E-state index < -0.39 is 16.1 Å². The van der Waals surface area contributed by atoms with E-state index in [-0.39, 0.29) is 5.75 Å². The Morgan fingerprint density at radius 3 is 2.45 bits per heavy atom. The second-order valence-corrected chi connectivity index (χ2v) is 9.89.